The Hall–Kier alpha value is -1.13. The Balaban J connectivity index is 2.24. The van der Waals surface area contributed by atoms with Crippen molar-refractivity contribution in [2.24, 2.45) is 5.73 Å². The fourth-order valence-corrected chi connectivity index (χ4v) is 1.03. The summed E-state index contributed by atoms with van der Waals surface area (Å²) in [7, 11) is 0. The maximum atomic E-state index is 5.36. The highest BCUT2D eigenvalue weighted by molar-refractivity contribution is 5.17. The first-order valence-corrected chi connectivity index (χ1v) is 4.43. The fraction of sp³-hybridized carbons (Fsp3) is 0.444. The largest absolute Gasteiger partial charge is 0.330 e. The van der Waals surface area contributed by atoms with Crippen molar-refractivity contribution < 1.29 is 0 Å². The summed E-state index contributed by atoms with van der Waals surface area (Å²) >= 11 is 0. The number of aromatic nitrogens is 2. The van der Waals surface area contributed by atoms with Gasteiger partial charge in [-0.2, -0.15) is 5.10 Å². The van der Waals surface area contributed by atoms with Gasteiger partial charge in [-0.05, 0) is 19.5 Å². The summed E-state index contributed by atoms with van der Waals surface area (Å²) in [6.07, 6.45) is 6.46. The van der Waals surface area contributed by atoms with Gasteiger partial charge in [0.2, 0.25) is 0 Å². The zero-order valence-electron chi connectivity index (χ0n) is 7.74. The van der Waals surface area contributed by atoms with Gasteiger partial charge in [-0.15, -0.1) is 0 Å². The smallest absolute Gasteiger partial charge is 0.0538 e. The van der Waals surface area contributed by atoms with E-state index >= 15 is 0 Å². The Morgan fingerprint density at radius 1 is 1.69 bits per heavy atom. The summed E-state index contributed by atoms with van der Waals surface area (Å²) < 4.78 is 1.69. The Morgan fingerprint density at radius 2 is 2.54 bits per heavy atom. The Bertz CT molecular complexity index is 254. The van der Waals surface area contributed by atoms with Crippen LogP contribution in [0.15, 0.2) is 19.0 Å². The van der Waals surface area contributed by atoms with Gasteiger partial charge in [0.15, 0.2) is 0 Å². The Morgan fingerprint density at radius 3 is 3.15 bits per heavy atom. The maximum Gasteiger partial charge on any atom is 0.0538 e. The van der Waals surface area contributed by atoms with Crippen LogP contribution >= 0.6 is 0 Å². The summed E-state index contributed by atoms with van der Waals surface area (Å²) in [5.41, 5.74) is 6.53. The molecule has 0 aliphatic carbocycles. The number of nitrogens with zero attached hydrogens (tertiary/aromatic N) is 2. The molecule has 0 bridgehead atoms. The van der Waals surface area contributed by atoms with Crippen molar-refractivity contribution in [3.8, 4) is 0 Å². The van der Waals surface area contributed by atoms with Gasteiger partial charge in [0.1, 0.15) is 0 Å². The highest BCUT2D eigenvalue weighted by atomic mass is 15.2. The van der Waals surface area contributed by atoms with Crippen LogP contribution in [0.2, 0.25) is 0 Å². The van der Waals surface area contributed by atoms with Gasteiger partial charge < -0.3 is 11.1 Å². The van der Waals surface area contributed by atoms with E-state index in [-0.39, 0.29) is 0 Å². The summed E-state index contributed by atoms with van der Waals surface area (Å²) in [6.45, 7) is 6.15. The predicted octanol–water partition coefficient (Wildman–Crippen LogP) is 0.422. The topological polar surface area (TPSA) is 55.9 Å². The zero-order valence-corrected chi connectivity index (χ0v) is 7.74. The van der Waals surface area contributed by atoms with Crippen molar-refractivity contribution in [2.45, 2.75) is 13.0 Å². The third kappa shape index (κ3) is 3.40. The van der Waals surface area contributed by atoms with E-state index in [0.29, 0.717) is 0 Å². The van der Waals surface area contributed by atoms with Crippen LogP contribution in [-0.2, 0) is 6.54 Å². The number of hydrogen-bond acceptors (Lipinski definition) is 3. The zero-order chi connectivity index (χ0) is 9.52. The predicted molar refractivity (Wildman–Crippen MR) is 54.0 cm³/mol. The second-order valence-electron chi connectivity index (χ2n) is 2.83. The third-order valence-corrected chi connectivity index (χ3v) is 1.73. The molecule has 13 heavy (non-hydrogen) atoms. The summed E-state index contributed by atoms with van der Waals surface area (Å²) in [5, 5.41) is 7.34. The monoisotopic (exact) mass is 180 g/mol. The molecule has 0 saturated carbocycles. The van der Waals surface area contributed by atoms with Crippen LogP contribution < -0.4 is 11.1 Å². The van der Waals surface area contributed by atoms with Crippen molar-refractivity contribution in [1.82, 2.24) is 15.1 Å². The summed E-state index contributed by atoms with van der Waals surface area (Å²) in [6, 6.07) is 0. The summed E-state index contributed by atoms with van der Waals surface area (Å²) in [5.74, 6) is 0. The van der Waals surface area contributed by atoms with Gasteiger partial charge >= 0.3 is 0 Å². The quantitative estimate of drug-likeness (QED) is 0.624. The Kier molecular flexibility index (Phi) is 4.21. The minimum absolute atomic E-state index is 0.735. The second kappa shape index (κ2) is 5.50. The average Bonchev–Trinajstić information content (AvgIpc) is 2.60. The molecule has 0 unspecified atom stereocenters. The molecular formula is C9H16N4. The molecule has 1 rings (SSSR count). The normalized spacial score (nSPS) is 10.2. The molecule has 0 saturated heterocycles. The van der Waals surface area contributed by atoms with E-state index in [1.54, 1.807) is 10.9 Å². The lowest BCUT2D eigenvalue weighted by molar-refractivity contribution is 0.655. The number of rotatable bonds is 6. The van der Waals surface area contributed by atoms with E-state index in [9.17, 15) is 0 Å². The van der Waals surface area contributed by atoms with Crippen molar-refractivity contribution >= 4 is 6.20 Å². The van der Waals surface area contributed by atoms with Crippen LogP contribution in [0.4, 0.5) is 0 Å². The molecule has 72 valence electrons. The molecule has 1 aromatic rings. The van der Waals surface area contributed by atoms with Gasteiger partial charge in [0, 0.05) is 24.5 Å². The molecule has 1 heterocycles. The number of hydrogen-bond donors (Lipinski definition) is 2. The van der Waals surface area contributed by atoms with E-state index in [1.165, 1.54) is 0 Å². The van der Waals surface area contributed by atoms with Crippen LogP contribution in [0.25, 0.3) is 6.20 Å². The van der Waals surface area contributed by atoms with Crippen molar-refractivity contribution in [2.75, 3.05) is 13.1 Å². The average molecular weight is 180 g/mol. The lowest BCUT2D eigenvalue weighted by Crippen LogP contribution is -2.17. The summed E-state index contributed by atoms with van der Waals surface area (Å²) in [4.78, 5) is 0. The van der Waals surface area contributed by atoms with Crippen molar-refractivity contribution in [1.29, 1.82) is 0 Å². The molecule has 0 aromatic carbocycles. The molecule has 0 aliphatic rings. The minimum atomic E-state index is 0.735. The van der Waals surface area contributed by atoms with Crippen molar-refractivity contribution in [3.63, 3.8) is 0 Å². The molecular weight excluding hydrogens is 164 g/mol. The molecule has 0 spiro atoms. The van der Waals surface area contributed by atoms with Crippen LogP contribution in [0.5, 0.6) is 0 Å². The van der Waals surface area contributed by atoms with Gasteiger partial charge in [0.25, 0.3) is 0 Å². The van der Waals surface area contributed by atoms with Crippen LogP contribution in [0.1, 0.15) is 12.0 Å². The third-order valence-electron chi connectivity index (χ3n) is 1.73. The van der Waals surface area contributed by atoms with Crippen LogP contribution in [0.3, 0.4) is 0 Å². The standard InChI is InChI=1S/C9H16N4/c1-2-13-8-9(7-12-13)6-11-5-3-4-10/h2,7-8,11H,1,3-6,10H2. The molecule has 4 heteroatoms. The highest BCUT2D eigenvalue weighted by Crippen LogP contribution is 1.96. The lowest BCUT2D eigenvalue weighted by Gasteiger charge is -1.99. The number of nitrogens with one attached hydrogen (secondary N) is 1. The SMILES string of the molecule is C=Cn1cc(CNCCCN)cn1. The molecule has 4 nitrogen and oxygen atoms in total. The minimum Gasteiger partial charge on any atom is -0.330 e. The van der Waals surface area contributed by atoms with E-state index in [1.807, 2.05) is 12.4 Å². The lowest BCUT2D eigenvalue weighted by atomic mass is 10.3. The first-order valence-electron chi connectivity index (χ1n) is 4.43. The van der Waals surface area contributed by atoms with E-state index in [2.05, 4.69) is 17.0 Å². The molecule has 0 radical (unpaired) electrons. The van der Waals surface area contributed by atoms with Gasteiger partial charge in [-0.1, -0.05) is 6.58 Å². The van der Waals surface area contributed by atoms with E-state index < -0.39 is 0 Å². The van der Waals surface area contributed by atoms with Crippen LogP contribution in [0, 0.1) is 0 Å². The first kappa shape index (κ1) is 9.95. The second-order valence-corrected chi connectivity index (χ2v) is 2.83. The van der Waals surface area contributed by atoms with Gasteiger partial charge in [-0.25, -0.2) is 4.68 Å². The van der Waals surface area contributed by atoms with Gasteiger partial charge in [-0.3, -0.25) is 0 Å². The first-order chi connectivity index (χ1) is 6.36. The molecule has 1 aromatic heterocycles. The van der Waals surface area contributed by atoms with Crippen molar-refractivity contribution in [3.05, 3.63) is 24.5 Å². The molecule has 0 amide bonds. The fourth-order valence-electron chi connectivity index (χ4n) is 1.03. The molecule has 0 fully saturated rings. The molecule has 0 atom stereocenters. The van der Waals surface area contributed by atoms with E-state index in [4.69, 9.17) is 5.73 Å². The molecule has 3 N–H and O–H groups in total. The maximum absolute atomic E-state index is 5.36. The van der Waals surface area contributed by atoms with Gasteiger partial charge in [0.05, 0.1) is 6.20 Å². The number of nitrogens with two attached hydrogens (primary N) is 1. The van der Waals surface area contributed by atoms with E-state index in [0.717, 1.165) is 31.6 Å². The highest BCUT2D eigenvalue weighted by Gasteiger charge is 1.94. The Labute approximate surface area is 78.4 Å². The molecule has 0 aliphatic heterocycles. The van der Waals surface area contributed by atoms with Crippen LogP contribution in [-0.4, -0.2) is 22.9 Å².